The van der Waals surface area contributed by atoms with Crippen molar-refractivity contribution in [2.24, 2.45) is 4.99 Å². The van der Waals surface area contributed by atoms with Gasteiger partial charge in [-0.05, 0) is 24.3 Å². The van der Waals surface area contributed by atoms with Gasteiger partial charge in [0.2, 0.25) is 0 Å². The summed E-state index contributed by atoms with van der Waals surface area (Å²) in [4.78, 5) is 4.39. The van der Waals surface area contributed by atoms with E-state index in [-0.39, 0.29) is 0 Å². The van der Waals surface area contributed by atoms with Crippen LogP contribution in [0, 0.1) is 0 Å². The normalized spacial score (nSPS) is 11.2. The predicted molar refractivity (Wildman–Crippen MR) is 78.0 cm³/mol. The maximum atomic E-state index is 6.27. The Balaban J connectivity index is 2.43. The molecule has 0 heterocycles. The van der Waals surface area contributed by atoms with Crippen LogP contribution in [-0.4, -0.2) is 19.4 Å². The molecule has 0 aliphatic carbocycles. The Hall–Kier alpha value is -2.00. The van der Waals surface area contributed by atoms with Crippen molar-refractivity contribution in [3.63, 3.8) is 0 Å². The first-order chi connectivity index (χ1) is 9.26. The average Bonchev–Trinajstić information content (AvgIpc) is 2.47. The maximum absolute atomic E-state index is 6.27. The Morgan fingerprint density at radius 3 is 2.16 bits per heavy atom. The zero-order chi connectivity index (χ0) is 13.7. The summed E-state index contributed by atoms with van der Waals surface area (Å²) in [6.07, 6.45) is 0. The van der Waals surface area contributed by atoms with E-state index in [9.17, 15) is 0 Å². The summed E-state index contributed by atoms with van der Waals surface area (Å²) in [6.45, 7) is 0. The molecule has 0 aliphatic rings. The van der Waals surface area contributed by atoms with Crippen molar-refractivity contribution < 1.29 is 9.47 Å². The Labute approximate surface area is 117 Å². The van der Waals surface area contributed by atoms with Gasteiger partial charge in [-0.15, -0.1) is 0 Å². The molecule has 0 fully saturated rings. The molecular weight excluding hydrogens is 262 g/mol. The molecule has 0 spiro atoms. The number of halogens is 1. The lowest BCUT2D eigenvalue weighted by Crippen LogP contribution is -1.96. The number of benzene rings is 2. The van der Waals surface area contributed by atoms with E-state index in [0.29, 0.717) is 22.4 Å². The molecule has 0 bridgehead atoms. The van der Waals surface area contributed by atoms with Crippen LogP contribution in [0.15, 0.2) is 53.5 Å². The molecule has 3 nitrogen and oxygen atoms in total. The van der Waals surface area contributed by atoms with E-state index in [1.165, 1.54) is 0 Å². The van der Waals surface area contributed by atoms with E-state index in [4.69, 9.17) is 21.1 Å². The Morgan fingerprint density at radius 2 is 1.47 bits per heavy atom. The molecule has 0 unspecified atom stereocenters. The van der Waals surface area contributed by atoms with Crippen LogP contribution in [0.3, 0.4) is 0 Å². The summed E-state index contributed by atoms with van der Waals surface area (Å²) in [7, 11) is 3.21. The van der Waals surface area contributed by atoms with Crippen molar-refractivity contribution in [1.82, 2.24) is 0 Å². The van der Waals surface area contributed by atoms with E-state index in [1.807, 2.05) is 48.5 Å². The lowest BCUT2D eigenvalue weighted by molar-refractivity contribution is 0.414. The third-order valence-corrected chi connectivity index (χ3v) is 2.92. The molecule has 2 aromatic rings. The van der Waals surface area contributed by atoms with Crippen molar-refractivity contribution >= 4 is 22.5 Å². The van der Waals surface area contributed by atoms with Gasteiger partial charge >= 0.3 is 0 Å². The third-order valence-electron chi connectivity index (χ3n) is 2.63. The van der Waals surface area contributed by atoms with Crippen molar-refractivity contribution in [2.45, 2.75) is 0 Å². The number of nitrogens with zero attached hydrogens (tertiary/aromatic N) is 1. The minimum Gasteiger partial charge on any atom is -0.496 e. The van der Waals surface area contributed by atoms with E-state index < -0.39 is 0 Å². The molecule has 0 amide bonds. The Bertz CT molecular complexity index is 596. The molecule has 2 aromatic carbocycles. The second-order valence-corrected chi connectivity index (χ2v) is 4.13. The van der Waals surface area contributed by atoms with Crippen molar-refractivity contribution in [2.75, 3.05) is 14.2 Å². The highest BCUT2D eigenvalue weighted by Gasteiger charge is 2.08. The fourth-order valence-electron chi connectivity index (χ4n) is 1.70. The van der Waals surface area contributed by atoms with Crippen molar-refractivity contribution in [1.29, 1.82) is 0 Å². The highest BCUT2D eigenvalue weighted by molar-refractivity contribution is 6.70. The van der Waals surface area contributed by atoms with E-state index >= 15 is 0 Å². The van der Waals surface area contributed by atoms with Gasteiger partial charge in [0, 0.05) is 0 Å². The largest absolute Gasteiger partial charge is 0.496 e. The SMILES string of the molecule is COc1ccccc1N=C(Cl)c1ccccc1OC. The summed E-state index contributed by atoms with van der Waals surface area (Å²) in [5.41, 5.74) is 1.43. The molecule has 2 rings (SSSR count). The molecule has 0 aliphatic heterocycles. The summed E-state index contributed by atoms with van der Waals surface area (Å²) >= 11 is 6.27. The van der Waals surface area contributed by atoms with Gasteiger partial charge in [-0.2, -0.15) is 0 Å². The zero-order valence-corrected chi connectivity index (χ0v) is 11.5. The van der Waals surface area contributed by atoms with Crippen LogP contribution in [0.5, 0.6) is 11.5 Å². The number of hydrogen-bond donors (Lipinski definition) is 0. The molecule has 0 atom stereocenters. The van der Waals surface area contributed by atoms with Gasteiger partial charge in [0.15, 0.2) is 0 Å². The van der Waals surface area contributed by atoms with Gasteiger partial charge in [0.05, 0.1) is 19.8 Å². The molecule has 0 radical (unpaired) electrons. The van der Waals surface area contributed by atoms with Crippen LogP contribution in [0.2, 0.25) is 0 Å². The lowest BCUT2D eigenvalue weighted by Gasteiger charge is -2.07. The lowest BCUT2D eigenvalue weighted by atomic mass is 10.2. The van der Waals surface area contributed by atoms with E-state index in [2.05, 4.69) is 4.99 Å². The quantitative estimate of drug-likeness (QED) is 0.789. The molecule has 0 aromatic heterocycles. The molecule has 0 N–H and O–H groups in total. The predicted octanol–water partition coefficient (Wildman–Crippen LogP) is 4.02. The fraction of sp³-hybridized carbons (Fsp3) is 0.133. The van der Waals surface area contributed by atoms with Crippen LogP contribution in [0.25, 0.3) is 0 Å². The highest BCUT2D eigenvalue weighted by atomic mass is 35.5. The minimum absolute atomic E-state index is 0.363. The average molecular weight is 276 g/mol. The standard InChI is InChI=1S/C15H14ClNO2/c1-18-13-9-5-3-7-11(13)15(16)17-12-8-4-6-10-14(12)19-2/h3-10H,1-2H3. The number of ether oxygens (including phenoxy) is 2. The van der Waals surface area contributed by atoms with Crippen LogP contribution < -0.4 is 9.47 Å². The molecule has 4 heteroatoms. The number of para-hydroxylation sites is 3. The summed E-state index contributed by atoms with van der Waals surface area (Å²) in [5, 5.41) is 0.363. The Morgan fingerprint density at radius 1 is 0.895 bits per heavy atom. The van der Waals surface area contributed by atoms with Crippen LogP contribution in [0.1, 0.15) is 5.56 Å². The van der Waals surface area contributed by atoms with E-state index in [1.54, 1.807) is 14.2 Å². The molecule has 98 valence electrons. The number of rotatable bonds is 4. The van der Waals surface area contributed by atoms with Gasteiger partial charge in [0.25, 0.3) is 0 Å². The van der Waals surface area contributed by atoms with E-state index in [0.717, 1.165) is 5.56 Å². The number of methoxy groups -OCH3 is 2. The second-order valence-electron chi connectivity index (χ2n) is 3.77. The molecule has 0 saturated heterocycles. The first-order valence-electron chi connectivity index (χ1n) is 5.77. The summed E-state index contributed by atoms with van der Waals surface area (Å²) in [6, 6.07) is 14.9. The van der Waals surface area contributed by atoms with Crippen LogP contribution in [-0.2, 0) is 0 Å². The monoisotopic (exact) mass is 275 g/mol. The topological polar surface area (TPSA) is 30.8 Å². The van der Waals surface area contributed by atoms with Gasteiger partial charge in [-0.1, -0.05) is 35.9 Å². The van der Waals surface area contributed by atoms with Crippen molar-refractivity contribution in [3.8, 4) is 11.5 Å². The fourth-order valence-corrected chi connectivity index (χ4v) is 1.95. The maximum Gasteiger partial charge on any atom is 0.144 e. The molecular formula is C15H14ClNO2. The first kappa shape index (κ1) is 13.4. The number of hydrogen-bond acceptors (Lipinski definition) is 3. The van der Waals surface area contributed by atoms with Gasteiger partial charge in [-0.25, -0.2) is 4.99 Å². The summed E-state index contributed by atoms with van der Waals surface area (Å²) in [5.74, 6) is 1.36. The number of aliphatic imine (C=N–C) groups is 1. The first-order valence-corrected chi connectivity index (χ1v) is 6.14. The van der Waals surface area contributed by atoms with Crippen LogP contribution in [0.4, 0.5) is 5.69 Å². The molecule has 0 saturated carbocycles. The smallest absolute Gasteiger partial charge is 0.144 e. The Kier molecular flexibility index (Phi) is 4.42. The molecule has 19 heavy (non-hydrogen) atoms. The van der Waals surface area contributed by atoms with Crippen LogP contribution >= 0.6 is 11.6 Å². The van der Waals surface area contributed by atoms with Gasteiger partial charge in [-0.3, -0.25) is 0 Å². The second kappa shape index (κ2) is 6.25. The summed E-state index contributed by atoms with van der Waals surface area (Å²) < 4.78 is 10.5. The third kappa shape index (κ3) is 3.06. The van der Waals surface area contributed by atoms with Gasteiger partial charge < -0.3 is 9.47 Å². The van der Waals surface area contributed by atoms with Crippen molar-refractivity contribution in [3.05, 3.63) is 54.1 Å². The van der Waals surface area contributed by atoms with Gasteiger partial charge in [0.1, 0.15) is 22.4 Å². The minimum atomic E-state index is 0.363. The zero-order valence-electron chi connectivity index (χ0n) is 10.8. The highest BCUT2D eigenvalue weighted by Crippen LogP contribution is 2.29.